The summed E-state index contributed by atoms with van der Waals surface area (Å²) in [5, 5.41) is 4.64. The van der Waals surface area contributed by atoms with E-state index in [2.05, 4.69) is 4.98 Å². The topological polar surface area (TPSA) is 78.0 Å². The molecule has 0 saturated heterocycles. The van der Waals surface area contributed by atoms with Crippen LogP contribution < -0.4 is 11.3 Å². The highest BCUT2D eigenvalue weighted by atomic mass is 32.1. The van der Waals surface area contributed by atoms with E-state index in [0.29, 0.717) is 24.2 Å². The van der Waals surface area contributed by atoms with Crippen molar-refractivity contribution in [3.8, 4) is 10.4 Å². The number of aryl methyl sites for hydroxylation is 1. The van der Waals surface area contributed by atoms with Crippen molar-refractivity contribution in [2.24, 2.45) is 5.73 Å². The third-order valence-corrected chi connectivity index (χ3v) is 5.25. The van der Waals surface area contributed by atoms with Crippen LogP contribution in [-0.2, 0) is 11.3 Å². The van der Waals surface area contributed by atoms with Gasteiger partial charge in [0.15, 0.2) is 0 Å². The maximum Gasteiger partial charge on any atom is 0.262 e. The van der Waals surface area contributed by atoms with Gasteiger partial charge in [-0.05, 0) is 24.8 Å². The van der Waals surface area contributed by atoms with Crippen molar-refractivity contribution in [3.63, 3.8) is 0 Å². The van der Waals surface area contributed by atoms with E-state index < -0.39 is 0 Å². The minimum atomic E-state index is -0.352. The zero-order chi connectivity index (χ0) is 15.7. The Kier molecular flexibility index (Phi) is 4.08. The lowest BCUT2D eigenvalue weighted by Crippen LogP contribution is -2.24. The fraction of sp³-hybridized carbons (Fsp3) is 0.267. The van der Waals surface area contributed by atoms with Crippen molar-refractivity contribution in [1.82, 2.24) is 9.55 Å². The monoisotopic (exact) mass is 333 g/mol. The fourth-order valence-electron chi connectivity index (χ4n) is 2.41. The molecule has 3 rings (SSSR count). The highest BCUT2D eigenvalue weighted by molar-refractivity contribution is 7.18. The number of hydrogen-bond acceptors (Lipinski definition) is 5. The quantitative estimate of drug-likeness (QED) is 0.780. The summed E-state index contributed by atoms with van der Waals surface area (Å²) in [6.07, 6.45) is 0.813. The molecule has 0 spiro atoms. The molecule has 1 amide bonds. The number of carbonyl (C=O) groups excluding carboxylic acids is 1. The van der Waals surface area contributed by atoms with E-state index in [0.717, 1.165) is 15.3 Å². The van der Waals surface area contributed by atoms with Gasteiger partial charge in [0.05, 0.1) is 5.39 Å². The first-order chi connectivity index (χ1) is 10.6. The number of aromatic nitrogens is 2. The van der Waals surface area contributed by atoms with Crippen molar-refractivity contribution in [3.05, 3.63) is 39.1 Å². The molecule has 22 heavy (non-hydrogen) atoms. The fourth-order valence-corrected chi connectivity index (χ4v) is 4.21. The van der Waals surface area contributed by atoms with E-state index in [1.807, 2.05) is 29.8 Å². The lowest BCUT2D eigenvalue weighted by Gasteiger charge is -2.09. The molecule has 0 fully saturated rings. The summed E-state index contributed by atoms with van der Waals surface area (Å²) in [7, 11) is 0. The molecule has 0 atom stereocenters. The molecular weight excluding hydrogens is 318 g/mol. The second-order valence-electron chi connectivity index (χ2n) is 4.99. The number of nitrogens with zero attached hydrogens (tertiary/aromatic N) is 2. The molecule has 3 aromatic heterocycles. The maximum absolute atomic E-state index is 12.8. The maximum atomic E-state index is 12.8. The predicted octanol–water partition coefficient (Wildman–Crippen LogP) is 2.76. The average molecular weight is 333 g/mol. The third kappa shape index (κ3) is 2.69. The first-order valence-electron chi connectivity index (χ1n) is 6.88. The summed E-state index contributed by atoms with van der Waals surface area (Å²) < 4.78 is 1.63. The van der Waals surface area contributed by atoms with Crippen molar-refractivity contribution in [2.45, 2.75) is 26.3 Å². The van der Waals surface area contributed by atoms with Gasteiger partial charge >= 0.3 is 0 Å². The molecule has 0 aromatic carbocycles. The Labute approximate surface area is 135 Å². The zero-order valence-corrected chi connectivity index (χ0v) is 13.7. The molecule has 0 aliphatic heterocycles. The smallest absolute Gasteiger partial charge is 0.262 e. The molecule has 2 N–H and O–H groups in total. The summed E-state index contributed by atoms with van der Waals surface area (Å²) in [5.41, 5.74) is 6.05. The van der Waals surface area contributed by atoms with Crippen LogP contribution in [0.3, 0.4) is 0 Å². The lowest BCUT2D eigenvalue weighted by atomic mass is 10.2. The van der Waals surface area contributed by atoms with E-state index >= 15 is 0 Å². The molecule has 5 nitrogen and oxygen atoms in total. The number of hydrogen-bond donors (Lipinski definition) is 1. The highest BCUT2D eigenvalue weighted by Crippen LogP contribution is 2.33. The number of amides is 1. The van der Waals surface area contributed by atoms with Crippen LogP contribution in [0.4, 0.5) is 0 Å². The van der Waals surface area contributed by atoms with Crippen LogP contribution in [0.25, 0.3) is 20.7 Å². The minimum absolute atomic E-state index is 0.0448. The predicted molar refractivity (Wildman–Crippen MR) is 90.4 cm³/mol. The van der Waals surface area contributed by atoms with Crippen LogP contribution in [0.15, 0.2) is 27.7 Å². The third-order valence-electron chi connectivity index (χ3n) is 3.48. The lowest BCUT2D eigenvalue weighted by molar-refractivity contribution is -0.118. The molecule has 0 bridgehead atoms. The van der Waals surface area contributed by atoms with Gasteiger partial charge in [0, 0.05) is 28.8 Å². The van der Waals surface area contributed by atoms with Gasteiger partial charge in [0.25, 0.3) is 5.56 Å². The first kappa shape index (κ1) is 14.9. The number of carbonyl (C=O) groups is 1. The molecule has 0 aliphatic rings. The van der Waals surface area contributed by atoms with Crippen LogP contribution in [-0.4, -0.2) is 15.5 Å². The Hall–Kier alpha value is -1.99. The van der Waals surface area contributed by atoms with Gasteiger partial charge in [-0.15, -0.1) is 22.7 Å². The molecule has 114 valence electrons. The SMILES string of the molecule is Cc1nc2scc(-c3cccs3)c2c(=O)n1CCCC(N)=O. The Bertz CT molecular complexity index is 878. The number of fused-ring (bicyclic) bond motifs is 1. The largest absolute Gasteiger partial charge is 0.370 e. The van der Waals surface area contributed by atoms with Crippen molar-refractivity contribution in [1.29, 1.82) is 0 Å². The van der Waals surface area contributed by atoms with Crippen molar-refractivity contribution in [2.75, 3.05) is 0 Å². The van der Waals surface area contributed by atoms with Crippen LogP contribution >= 0.6 is 22.7 Å². The van der Waals surface area contributed by atoms with Crippen LogP contribution in [0, 0.1) is 6.92 Å². The Balaban J connectivity index is 2.08. The van der Waals surface area contributed by atoms with Gasteiger partial charge in [-0.2, -0.15) is 0 Å². The van der Waals surface area contributed by atoms with Gasteiger partial charge in [0.1, 0.15) is 10.7 Å². The summed E-state index contributed by atoms with van der Waals surface area (Å²) in [4.78, 5) is 30.0. The molecule has 0 saturated carbocycles. The summed E-state index contributed by atoms with van der Waals surface area (Å²) in [6, 6.07) is 3.97. The molecule has 3 heterocycles. The molecule has 0 radical (unpaired) electrons. The molecule has 0 aliphatic carbocycles. The molecule has 0 unspecified atom stereocenters. The van der Waals surface area contributed by atoms with Gasteiger partial charge in [0.2, 0.25) is 5.91 Å². The normalized spacial score (nSPS) is 11.1. The number of primary amides is 1. The van der Waals surface area contributed by atoms with Gasteiger partial charge in [-0.1, -0.05) is 6.07 Å². The number of thiophene rings is 2. The van der Waals surface area contributed by atoms with E-state index in [4.69, 9.17) is 5.73 Å². The summed E-state index contributed by atoms with van der Waals surface area (Å²) in [5.74, 6) is 0.316. The molecular formula is C15H15N3O2S2. The molecule has 3 aromatic rings. The van der Waals surface area contributed by atoms with Gasteiger partial charge in [-0.3, -0.25) is 14.2 Å². The molecule has 7 heteroatoms. The van der Waals surface area contributed by atoms with Crippen LogP contribution in [0.1, 0.15) is 18.7 Å². The van der Waals surface area contributed by atoms with Crippen molar-refractivity contribution < 1.29 is 4.79 Å². The summed E-state index contributed by atoms with van der Waals surface area (Å²) >= 11 is 3.09. The van der Waals surface area contributed by atoms with Crippen molar-refractivity contribution >= 4 is 38.8 Å². The number of rotatable bonds is 5. The van der Waals surface area contributed by atoms with E-state index in [1.165, 1.54) is 11.3 Å². The summed E-state index contributed by atoms with van der Waals surface area (Å²) in [6.45, 7) is 2.27. The zero-order valence-electron chi connectivity index (χ0n) is 12.0. The second-order valence-corrected chi connectivity index (χ2v) is 6.80. The van der Waals surface area contributed by atoms with Crippen LogP contribution in [0.5, 0.6) is 0 Å². The van der Waals surface area contributed by atoms with E-state index in [9.17, 15) is 9.59 Å². The first-order valence-corrected chi connectivity index (χ1v) is 8.64. The van der Waals surface area contributed by atoms with Gasteiger partial charge in [-0.25, -0.2) is 4.98 Å². The van der Waals surface area contributed by atoms with Gasteiger partial charge < -0.3 is 5.73 Å². The standard InChI is InChI=1S/C15H15N3O2S2/c1-9-17-14-13(10(8-22-14)11-4-3-7-21-11)15(20)18(9)6-2-5-12(16)19/h3-4,7-8H,2,5-6H2,1H3,(H2,16,19). The average Bonchev–Trinajstić information content (AvgIpc) is 3.10. The van der Waals surface area contributed by atoms with E-state index in [-0.39, 0.29) is 17.9 Å². The second kappa shape index (κ2) is 6.02. The Morgan fingerprint density at radius 3 is 2.91 bits per heavy atom. The number of nitrogens with two attached hydrogens (primary N) is 1. The Morgan fingerprint density at radius 1 is 1.41 bits per heavy atom. The Morgan fingerprint density at radius 2 is 2.23 bits per heavy atom. The highest BCUT2D eigenvalue weighted by Gasteiger charge is 2.15. The minimum Gasteiger partial charge on any atom is -0.370 e. The van der Waals surface area contributed by atoms with Crippen LogP contribution in [0.2, 0.25) is 0 Å². The van der Waals surface area contributed by atoms with E-state index in [1.54, 1.807) is 15.9 Å².